The molecule has 4 amide bonds. The Hall–Kier alpha value is -4.00. The second kappa shape index (κ2) is 9.87. The molecule has 1 heterocycles. The van der Waals surface area contributed by atoms with E-state index in [9.17, 15) is 9.59 Å². The number of urea groups is 2. The highest BCUT2D eigenvalue weighted by Crippen LogP contribution is 2.39. The molecule has 7 nitrogen and oxygen atoms in total. The normalized spacial score (nSPS) is 17.9. The number of anilines is 2. The van der Waals surface area contributed by atoms with Gasteiger partial charge in [0.15, 0.2) is 0 Å². The molecule has 176 valence electrons. The molecule has 1 saturated heterocycles. The summed E-state index contributed by atoms with van der Waals surface area (Å²) in [6.45, 7) is 8.88. The van der Waals surface area contributed by atoms with Gasteiger partial charge in [-0.25, -0.2) is 9.59 Å². The van der Waals surface area contributed by atoms with Crippen molar-refractivity contribution >= 4 is 23.4 Å². The minimum Gasteiger partial charge on any atom is -0.366 e. The number of nitrogens with one attached hydrogen (secondary N) is 4. The van der Waals surface area contributed by atoms with Crippen LogP contribution in [0.25, 0.3) is 0 Å². The Labute approximate surface area is 200 Å². The molecule has 2 aromatic rings. The van der Waals surface area contributed by atoms with E-state index in [4.69, 9.17) is 0 Å². The fourth-order valence-electron chi connectivity index (χ4n) is 4.51. The summed E-state index contributed by atoms with van der Waals surface area (Å²) in [5.41, 5.74) is 3.63. The number of aryl methyl sites for hydroxylation is 2. The summed E-state index contributed by atoms with van der Waals surface area (Å²) in [7, 11) is 0. The van der Waals surface area contributed by atoms with E-state index in [0.717, 1.165) is 16.8 Å². The summed E-state index contributed by atoms with van der Waals surface area (Å²) in [4.78, 5) is 28.3. The molecule has 4 N–H and O–H groups in total. The Morgan fingerprint density at radius 3 is 2.00 bits per heavy atom. The third-order valence-corrected chi connectivity index (χ3v) is 6.17. The van der Waals surface area contributed by atoms with Gasteiger partial charge in [-0.2, -0.15) is 0 Å². The molecule has 0 radical (unpaired) electrons. The second-order valence-electron chi connectivity index (χ2n) is 8.84. The van der Waals surface area contributed by atoms with Crippen molar-refractivity contribution < 1.29 is 9.59 Å². The fraction of sp³-hybridized carbons (Fsp3) is 0.259. The lowest BCUT2D eigenvalue weighted by molar-refractivity contribution is 0.194. The SMILES string of the molecule is C=CCN1CC(NC(=O)Nc2ccc(C)cc2)(NC(=O)Nc2ccc(C)cc2)C2CC=CC=C21. The molecule has 1 aliphatic heterocycles. The summed E-state index contributed by atoms with van der Waals surface area (Å²) >= 11 is 0. The van der Waals surface area contributed by atoms with E-state index >= 15 is 0 Å². The minimum absolute atomic E-state index is 0.120. The smallest absolute Gasteiger partial charge is 0.321 e. The third-order valence-electron chi connectivity index (χ3n) is 6.17. The zero-order chi connectivity index (χ0) is 24.1. The van der Waals surface area contributed by atoms with E-state index in [2.05, 4.69) is 38.8 Å². The maximum Gasteiger partial charge on any atom is 0.321 e. The first-order valence-electron chi connectivity index (χ1n) is 11.4. The lowest BCUT2D eigenvalue weighted by Crippen LogP contribution is -2.66. The minimum atomic E-state index is -1.01. The maximum atomic E-state index is 13.1. The van der Waals surface area contributed by atoms with Crippen molar-refractivity contribution in [2.45, 2.75) is 25.9 Å². The third kappa shape index (κ3) is 5.14. The number of benzene rings is 2. The lowest BCUT2D eigenvalue weighted by Gasteiger charge is -2.36. The highest BCUT2D eigenvalue weighted by atomic mass is 16.2. The quantitative estimate of drug-likeness (QED) is 0.367. The van der Waals surface area contributed by atoms with Gasteiger partial charge in [0, 0.05) is 29.5 Å². The van der Waals surface area contributed by atoms with E-state index in [1.165, 1.54) is 0 Å². The zero-order valence-corrected chi connectivity index (χ0v) is 19.6. The monoisotopic (exact) mass is 457 g/mol. The Morgan fingerprint density at radius 2 is 1.50 bits per heavy atom. The molecule has 1 aliphatic carbocycles. The van der Waals surface area contributed by atoms with E-state index in [-0.39, 0.29) is 18.0 Å². The standard InChI is InChI=1S/C27H31N5O2/c1-4-17-32-18-27(23-7-5-6-8-24(23)32,30-25(33)28-21-13-9-19(2)10-14-21)31-26(34)29-22-15-11-20(3)12-16-22/h4-6,8-16,23H,1,7,17-18H2,2-3H3,(H2,28,30,33)(H2,29,31,34). The van der Waals surface area contributed by atoms with Crippen LogP contribution in [0.3, 0.4) is 0 Å². The molecule has 2 aliphatic rings. The number of allylic oxidation sites excluding steroid dienone is 3. The van der Waals surface area contributed by atoms with E-state index < -0.39 is 5.66 Å². The molecule has 0 saturated carbocycles. The van der Waals surface area contributed by atoms with Crippen LogP contribution in [-0.2, 0) is 0 Å². The number of carbonyl (C=O) groups is 2. The van der Waals surface area contributed by atoms with Crippen molar-refractivity contribution in [1.29, 1.82) is 0 Å². The Morgan fingerprint density at radius 1 is 0.971 bits per heavy atom. The van der Waals surface area contributed by atoms with Crippen molar-refractivity contribution in [3.05, 3.63) is 96.2 Å². The molecule has 4 rings (SSSR count). The van der Waals surface area contributed by atoms with Crippen LogP contribution in [0.2, 0.25) is 0 Å². The van der Waals surface area contributed by atoms with Crippen molar-refractivity contribution in [2.75, 3.05) is 23.7 Å². The molecule has 7 heteroatoms. The molecule has 0 aromatic heterocycles. The van der Waals surface area contributed by atoms with Crippen molar-refractivity contribution in [2.24, 2.45) is 5.92 Å². The van der Waals surface area contributed by atoms with Crippen LogP contribution in [0.5, 0.6) is 0 Å². The number of fused-ring (bicyclic) bond motifs is 1. The van der Waals surface area contributed by atoms with Gasteiger partial charge in [0.05, 0.1) is 6.54 Å². The summed E-state index contributed by atoms with van der Waals surface area (Å²) in [5, 5.41) is 12.0. The lowest BCUT2D eigenvalue weighted by atomic mass is 9.87. The van der Waals surface area contributed by atoms with Gasteiger partial charge >= 0.3 is 12.1 Å². The molecule has 1 fully saturated rings. The first kappa shape index (κ1) is 23.2. The molecule has 0 spiro atoms. The van der Waals surface area contributed by atoms with Gasteiger partial charge in [0.25, 0.3) is 0 Å². The summed E-state index contributed by atoms with van der Waals surface area (Å²) in [5.74, 6) is -0.120. The molecular weight excluding hydrogens is 426 g/mol. The number of carbonyl (C=O) groups excluding carboxylic acids is 2. The highest BCUT2D eigenvalue weighted by Gasteiger charge is 2.51. The van der Waals surface area contributed by atoms with Gasteiger partial charge < -0.3 is 26.2 Å². The molecule has 34 heavy (non-hydrogen) atoms. The Balaban J connectivity index is 1.58. The first-order chi connectivity index (χ1) is 16.4. The number of likely N-dealkylation sites (tertiary alicyclic amines) is 1. The van der Waals surface area contributed by atoms with E-state index in [1.54, 1.807) is 0 Å². The van der Waals surface area contributed by atoms with Crippen LogP contribution in [0, 0.1) is 19.8 Å². The van der Waals surface area contributed by atoms with Crippen molar-refractivity contribution in [3.8, 4) is 0 Å². The van der Waals surface area contributed by atoms with Crippen molar-refractivity contribution in [3.63, 3.8) is 0 Å². The number of hydrogen-bond donors (Lipinski definition) is 4. The van der Waals surface area contributed by atoms with Crippen LogP contribution in [0.4, 0.5) is 21.0 Å². The van der Waals surface area contributed by atoms with Crippen LogP contribution >= 0.6 is 0 Å². The van der Waals surface area contributed by atoms with Crippen molar-refractivity contribution in [1.82, 2.24) is 15.5 Å². The van der Waals surface area contributed by atoms with Crippen LogP contribution < -0.4 is 21.3 Å². The predicted octanol–water partition coefficient (Wildman–Crippen LogP) is 4.90. The van der Waals surface area contributed by atoms with Gasteiger partial charge in [-0.05, 0) is 50.6 Å². The predicted molar refractivity (Wildman–Crippen MR) is 136 cm³/mol. The van der Waals surface area contributed by atoms with Crippen LogP contribution in [0.1, 0.15) is 17.5 Å². The van der Waals surface area contributed by atoms with Crippen LogP contribution in [0.15, 0.2) is 85.1 Å². The number of amides is 4. The molecule has 1 atom stereocenters. The number of nitrogens with zero attached hydrogens (tertiary/aromatic N) is 1. The summed E-state index contributed by atoms with van der Waals surface area (Å²) < 4.78 is 0. The summed E-state index contributed by atoms with van der Waals surface area (Å²) in [6.07, 6.45) is 8.62. The number of rotatable bonds is 6. The zero-order valence-electron chi connectivity index (χ0n) is 19.6. The molecule has 1 unspecified atom stereocenters. The molecule has 2 aromatic carbocycles. The van der Waals surface area contributed by atoms with Gasteiger partial charge in [-0.1, -0.05) is 53.6 Å². The maximum absolute atomic E-state index is 13.1. The Kier molecular flexibility index (Phi) is 6.72. The van der Waals surface area contributed by atoms with Crippen LogP contribution in [-0.4, -0.2) is 35.7 Å². The highest BCUT2D eigenvalue weighted by molar-refractivity contribution is 5.92. The number of hydrogen-bond acceptors (Lipinski definition) is 3. The van der Waals surface area contributed by atoms with Gasteiger partial charge in [0.2, 0.25) is 0 Å². The van der Waals surface area contributed by atoms with Gasteiger partial charge in [-0.3, -0.25) is 0 Å². The fourth-order valence-corrected chi connectivity index (χ4v) is 4.51. The topological polar surface area (TPSA) is 85.5 Å². The largest absolute Gasteiger partial charge is 0.366 e. The first-order valence-corrected chi connectivity index (χ1v) is 11.4. The Bertz CT molecular complexity index is 1060. The van der Waals surface area contributed by atoms with E-state index in [0.29, 0.717) is 30.9 Å². The van der Waals surface area contributed by atoms with Gasteiger partial charge in [-0.15, -0.1) is 6.58 Å². The summed E-state index contributed by atoms with van der Waals surface area (Å²) in [6, 6.07) is 14.4. The average Bonchev–Trinajstić information content (AvgIpc) is 3.10. The molecular formula is C27H31N5O2. The van der Waals surface area contributed by atoms with E-state index in [1.807, 2.05) is 80.6 Å². The average molecular weight is 458 g/mol. The second-order valence-corrected chi connectivity index (χ2v) is 8.84. The molecule has 0 bridgehead atoms. The van der Waals surface area contributed by atoms with Gasteiger partial charge in [0.1, 0.15) is 5.66 Å².